The van der Waals surface area contributed by atoms with Gasteiger partial charge in [-0.1, -0.05) is 30.3 Å². The number of aromatic nitrogens is 4. The quantitative estimate of drug-likeness (QED) is 0.297. The van der Waals surface area contributed by atoms with Crippen molar-refractivity contribution >= 4 is 16.9 Å². The lowest BCUT2D eigenvalue weighted by Gasteiger charge is -2.32. The fraction of sp³-hybridized carbons (Fsp3) is 0.452. The maximum absolute atomic E-state index is 12.7. The number of benzene rings is 1. The third kappa shape index (κ3) is 5.68. The lowest BCUT2D eigenvalue weighted by Crippen LogP contribution is -2.39. The molecule has 2 aliphatic heterocycles. The van der Waals surface area contributed by atoms with E-state index in [1.54, 1.807) is 0 Å². The highest BCUT2D eigenvalue weighted by Crippen LogP contribution is 2.27. The van der Waals surface area contributed by atoms with Gasteiger partial charge >= 0.3 is 0 Å². The highest BCUT2D eigenvalue weighted by Gasteiger charge is 2.23. The van der Waals surface area contributed by atoms with E-state index in [4.69, 9.17) is 9.72 Å². The van der Waals surface area contributed by atoms with E-state index in [1.165, 1.54) is 12.0 Å². The summed E-state index contributed by atoms with van der Waals surface area (Å²) in [5.74, 6) is 0.883. The number of piperidine rings is 1. The molecule has 0 bridgehead atoms. The molecule has 1 amide bonds. The molecule has 1 unspecified atom stereocenters. The van der Waals surface area contributed by atoms with Gasteiger partial charge in [-0.2, -0.15) is 5.10 Å². The molecule has 7 heteroatoms. The Labute approximate surface area is 224 Å². The van der Waals surface area contributed by atoms with Crippen molar-refractivity contribution in [2.45, 2.75) is 64.1 Å². The third-order valence-corrected chi connectivity index (χ3v) is 8.09. The molecule has 7 nitrogen and oxygen atoms in total. The van der Waals surface area contributed by atoms with Crippen LogP contribution >= 0.6 is 0 Å². The second-order valence-corrected chi connectivity index (χ2v) is 10.8. The van der Waals surface area contributed by atoms with E-state index in [0.29, 0.717) is 18.2 Å². The molecule has 1 atom stereocenters. The number of aryl methyl sites for hydroxylation is 1. The molecule has 198 valence electrons. The van der Waals surface area contributed by atoms with Crippen molar-refractivity contribution in [2.24, 2.45) is 5.92 Å². The van der Waals surface area contributed by atoms with Gasteiger partial charge in [0.15, 0.2) is 0 Å². The summed E-state index contributed by atoms with van der Waals surface area (Å²) in [6.45, 7) is 3.51. The van der Waals surface area contributed by atoms with Crippen LogP contribution in [0.2, 0.25) is 0 Å². The number of nitrogens with zero attached hydrogens (tertiary/aromatic N) is 5. The van der Waals surface area contributed by atoms with Crippen molar-refractivity contribution < 1.29 is 9.53 Å². The van der Waals surface area contributed by atoms with Crippen LogP contribution in [0.1, 0.15) is 56.7 Å². The SMILES string of the molecule is O=C(CCCc1ccccc1)N1CCC(Cn2ccc3nc(-c4cnn(C5CCCCO5)c4)ccc32)CC1. The van der Waals surface area contributed by atoms with Crippen LogP contribution in [0, 0.1) is 5.92 Å². The first kappa shape index (κ1) is 24.9. The first-order chi connectivity index (χ1) is 18.7. The molecule has 5 heterocycles. The molecule has 0 aliphatic carbocycles. The zero-order valence-corrected chi connectivity index (χ0v) is 22.0. The molecule has 0 spiro atoms. The number of hydrogen-bond acceptors (Lipinski definition) is 4. The normalized spacial score (nSPS) is 18.7. The van der Waals surface area contributed by atoms with E-state index < -0.39 is 0 Å². The zero-order chi connectivity index (χ0) is 25.7. The molecule has 2 saturated heterocycles. The fourth-order valence-electron chi connectivity index (χ4n) is 5.84. The molecule has 0 saturated carbocycles. The topological polar surface area (TPSA) is 65.2 Å². The van der Waals surface area contributed by atoms with Crippen LogP contribution in [0.15, 0.2) is 67.1 Å². The van der Waals surface area contributed by atoms with Crippen LogP contribution < -0.4 is 0 Å². The number of amides is 1. The van der Waals surface area contributed by atoms with Crippen LogP contribution in [0.4, 0.5) is 0 Å². The Bertz CT molecular complexity index is 1350. The Morgan fingerprint density at radius 2 is 1.87 bits per heavy atom. The minimum atomic E-state index is 0.0401. The monoisotopic (exact) mass is 511 g/mol. The molecule has 38 heavy (non-hydrogen) atoms. The van der Waals surface area contributed by atoms with Gasteiger partial charge in [0, 0.05) is 50.6 Å². The second kappa shape index (κ2) is 11.5. The number of likely N-dealkylation sites (tertiary alicyclic amines) is 1. The summed E-state index contributed by atoms with van der Waals surface area (Å²) in [6, 6.07) is 16.8. The van der Waals surface area contributed by atoms with Gasteiger partial charge in [-0.15, -0.1) is 0 Å². The molecule has 4 aromatic rings. The molecule has 2 aliphatic rings. The second-order valence-electron chi connectivity index (χ2n) is 10.8. The first-order valence-electron chi connectivity index (χ1n) is 14.2. The average molecular weight is 512 g/mol. The highest BCUT2D eigenvalue weighted by molar-refractivity contribution is 5.79. The lowest BCUT2D eigenvalue weighted by atomic mass is 9.96. The Morgan fingerprint density at radius 1 is 1.00 bits per heavy atom. The summed E-state index contributed by atoms with van der Waals surface area (Å²) in [5.41, 5.74) is 5.45. The largest absolute Gasteiger partial charge is 0.357 e. The molecule has 2 fully saturated rings. The molecular formula is C31H37N5O2. The van der Waals surface area contributed by atoms with Crippen molar-refractivity contribution in [1.82, 2.24) is 24.2 Å². The summed E-state index contributed by atoms with van der Waals surface area (Å²) < 4.78 is 10.1. The van der Waals surface area contributed by atoms with Crippen molar-refractivity contribution in [2.75, 3.05) is 19.7 Å². The first-order valence-corrected chi connectivity index (χ1v) is 14.2. The van der Waals surface area contributed by atoms with Gasteiger partial charge < -0.3 is 14.2 Å². The van der Waals surface area contributed by atoms with Crippen LogP contribution in [-0.4, -0.2) is 49.8 Å². The number of carbonyl (C=O) groups excluding carboxylic acids is 1. The zero-order valence-electron chi connectivity index (χ0n) is 22.0. The predicted octanol–water partition coefficient (Wildman–Crippen LogP) is 5.86. The van der Waals surface area contributed by atoms with Crippen LogP contribution in [0.25, 0.3) is 22.3 Å². The van der Waals surface area contributed by atoms with Gasteiger partial charge in [0.2, 0.25) is 5.91 Å². The number of ether oxygens (including phenoxy) is 1. The molecule has 1 aromatic carbocycles. The Hall–Kier alpha value is -3.45. The Morgan fingerprint density at radius 3 is 2.68 bits per heavy atom. The number of fused-ring (bicyclic) bond motifs is 1. The van der Waals surface area contributed by atoms with E-state index in [9.17, 15) is 4.79 Å². The Balaban J connectivity index is 1.02. The van der Waals surface area contributed by atoms with Crippen LogP contribution in [0.5, 0.6) is 0 Å². The number of hydrogen-bond donors (Lipinski definition) is 0. The summed E-state index contributed by atoms with van der Waals surface area (Å²) in [5, 5.41) is 4.55. The van der Waals surface area contributed by atoms with Gasteiger partial charge in [0.25, 0.3) is 0 Å². The fourth-order valence-corrected chi connectivity index (χ4v) is 5.84. The number of carbonyl (C=O) groups is 1. The molecule has 3 aromatic heterocycles. The third-order valence-electron chi connectivity index (χ3n) is 8.09. The van der Waals surface area contributed by atoms with Crippen molar-refractivity contribution in [3.05, 3.63) is 72.7 Å². The van der Waals surface area contributed by atoms with Crippen molar-refractivity contribution in [3.63, 3.8) is 0 Å². The molecular weight excluding hydrogens is 474 g/mol. The van der Waals surface area contributed by atoms with Gasteiger partial charge in [0.05, 0.1) is 22.9 Å². The van der Waals surface area contributed by atoms with Gasteiger partial charge in [-0.25, -0.2) is 9.67 Å². The summed E-state index contributed by atoms with van der Waals surface area (Å²) >= 11 is 0. The van der Waals surface area contributed by atoms with Crippen LogP contribution in [0.3, 0.4) is 0 Å². The van der Waals surface area contributed by atoms with Crippen molar-refractivity contribution in [1.29, 1.82) is 0 Å². The summed E-state index contributed by atoms with van der Waals surface area (Å²) in [4.78, 5) is 19.7. The summed E-state index contributed by atoms with van der Waals surface area (Å²) in [7, 11) is 0. The van der Waals surface area contributed by atoms with E-state index in [-0.39, 0.29) is 6.23 Å². The number of rotatable bonds is 8. The van der Waals surface area contributed by atoms with E-state index in [0.717, 1.165) is 87.1 Å². The van der Waals surface area contributed by atoms with Crippen LogP contribution in [-0.2, 0) is 22.5 Å². The van der Waals surface area contributed by atoms with E-state index in [1.807, 2.05) is 16.9 Å². The molecule has 6 rings (SSSR count). The minimum absolute atomic E-state index is 0.0401. The Kier molecular flexibility index (Phi) is 7.54. The number of pyridine rings is 1. The molecule has 0 radical (unpaired) electrons. The minimum Gasteiger partial charge on any atom is -0.357 e. The smallest absolute Gasteiger partial charge is 0.222 e. The predicted molar refractivity (Wildman–Crippen MR) is 148 cm³/mol. The van der Waals surface area contributed by atoms with Gasteiger partial charge in [-0.3, -0.25) is 4.79 Å². The van der Waals surface area contributed by atoms with Gasteiger partial charge in [-0.05, 0) is 74.6 Å². The summed E-state index contributed by atoms with van der Waals surface area (Å²) in [6.07, 6.45) is 14.1. The molecule has 0 N–H and O–H groups in total. The van der Waals surface area contributed by atoms with Gasteiger partial charge in [0.1, 0.15) is 6.23 Å². The van der Waals surface area contributed by atoms with Crippen molar-refractivity contribution in [3.8, 4) is 11.3 Å². The lowest BCUT2D eigenvalue weighted by molar-refractivity contribution is -0.132. The average Bonchev–Trinajstić information content (AvgIpc) is 3.62. The maximum Gasteiger partial charge on any atom is 0.222 e. The van der Waals surface area contributed by atoms with E-state index in [2.05, 4.69) is 69.4 Å². The maximum atomic E-state index is 12.7. The van der Waals surface area contributed by atoms with E-state index >= 15 is 0 Å². The highest BCUT2D eigenvalue weighted by atomic mass is 16.5. The standard InChI is InChI=1S/C31H37N5O2/c37-30(10-6-9-24-7-2-1-3-8-24)34-17-14-25(15-18-34)22-35-19-16-28-29(35)13-12-27(33-28)26-21-32-36(23-26)31-11-4-5-20-38-31/h1-3,7-8,12-13,16,19,21,23,25,31H,4-6,9-11,14-15,17-18,20,22H2.